The van der Waals surface area contributed by atoms with E-state index >= 15 is 0 Å². The third-order valence-corrected chi connectivity index (χ3v) is 6.23. The molecule has 2 unspecified atom stereocenters. The number of benzene rings is 1. The maximum atomic E-state index is 3.65. The molecule has 1 aliphatic carbocycles. The molecule has 1 N–H and O–H groups in total. The second kappa shape index (κ2) is 6.29. The predicted octanol–water partition coefficient (Wildman–Crippen LogP) is 4.03. The molecule has 0 radical (unpaired) electrons. The van der Waals surface area contributed by atoms with Crippen molar-refractivity contribution in [1.29, 1.82) is 0 Å². The molecule has 1 aromatic rings. The molecule has 2 atom stereocenters. The Balaban J connectivity index is 1.83. The molecular formula is C16H23BrN2S. The summed E-state index contributed by atoms with van der Waals surface area (Å²) in [7, 11) is 0. The molecule has 1 saturated carbocycles. The van der Waals surface area contributed by atoms with Crippen LogP contribution in [0.5, 0.6) is 0 Å². The summed E-state index contributed by atoms with van der Waals surface area (Å²) >= 11 is 5.73. The molecule has 1 heterocycles. The third-order valence-electron chi connectivity index (χ3n) is 4.40. The van der Waals surface area contributed by atoms with Crippen LogP contribution in [0.15, 0.2) is 22.7 Å². The molecule has 0 amide bonds. The normalized spacial score (nSPS) is 26.9. The van der Waals surface area contributed by atoms with E-state index in [1.54, 1.807) is 0 Å². The van der Waals surface area contributed by atoms with Crippen LogP contribution in [0.25, 0.3) is 0 Å². The van der Waals surface area contributed by atoms with Gasteiger partial charge in [0.1, 0.15) is 0 Å². The minimum Gasteiger partial charge on any atom is -0.367 e. The highest BCUT2D eigenvalue weighted by Crippen LogP contribution is 2.33. The molecule has 4 heteroatoms. The van der Waals surface area contributed by atoms with Gasteiger partial charge in [0.05, 0.1) is 0 Å². The number of hydrogen-bond acceptors (Lipinski definition) is 3. The van der Waals surface area contributed by atoms with E-state index in [9.17, 15) is 0 Å². The molecule has 0 aromatic heterocycles. The van der Waals surface area contributed by atoms with Crippen molar-refractivity contribution in [2.75, 3.05) is 17.2 Å². The smallest absolute Gasteiger partial charge is 0.0426 e. The van der Waals surface area contributed by atoms with Crippen LogP contribution >= 0.6 is 27.7 Å². The highest BCUT2D eigenvalue weighted by molar-refractivity contribution is 9.10. The van der Waals surface area contributed by atoms with Crippen molar-refractivity contribution in [3.8, 4) is 0 Å². The van der Waals surface area contributed by atoms with Crippen LogP contribution in [0.2, 0.25) is 0 Å². The Morgan fingerprint density at radius 1 is 1.35 bits per heavy atom. The van der Waals surface area contributed by atoms with Crippen LogP contribution < -0.4 is 10.2 Å². The van der Waals surface area contributed by atoms with Crippen molar-refractivity contribution in [3.05, 3.63) is 28.2 Å². The van der Waals surface area contributed by atoms with Crippen molar-refractivity contribution in [2.24, 2.45) is 0 Å². The maximum Gasteiger partial charge on any atom is 0.0426 e. The number of nitrogens with zero attached hydrogens (tertiary/aromatic N) is 1. The number of anilines is 1. The Bertz CT molecular complexity index is 476. The third kappa shape index (κ3) is 3.34. The van der Waals surface area contributed by atoms with Gasteiger partial charge in [0, 0.05) is 46.3 Å². The van der Waals surface area contributed by atoms with E-state index in [2.05, 4.69) is 70.0 Å². The topological polar surface area (TPSA) is 15.3 Å². The lowest BCUT2D eigenvalue weighted by Crippen LogP contribution is -2.45. The first-order valence-corrected chi connectivity index (χ1v) is 9.39. The summed E-state index contributed by atoms with van der Waals surface area (Å²) in [5.41, 5.74) is 2.85. The van der Waals surface area contributed by atoms with E-state index in [0.717, 1.165) is 19.1 Å². The summed E-state index contributed by atoms with van der Waals surface area (Å²) in [5.74, 6) is 1.23. The molecule has 1 saturated heterocycles. The zero-order valence-corrected chi connectivity index (χ0v) is 14.6. The van der Waals surface area contributed by atoms with Crippen LogP contribution in [-0.2, 0) is 6.54 Å². The van der Waals surface area contributed by atoms with E-state index in [4.69, 9.17) is 0 Å². The maximum absolute atomic E-state index is 3.65. The number of rotatable bonds is 4. The van der Waals surface area contributed by atoms with Crippen LogP contribution in [0.4, 0.5) is 5.69 Å². The van der Waals surface area contributed by atoms with Crippen molar-refractivity contribution in [1.82, 2.24) is 5.32 Å². The molecule has 2 nitrogen and oxygen atoms in total. The van der Waals surface area contributed by atoms with Crippen molar-refractivity contribution in [2.45, 2.75) is 50.6 Å². The zero-order valence-electron chi connectivity index (χ0n) is 12.2. The molecule has 3 rings (SSSR count). The molecular weight excluding hydrogens is 332 g/mol. The van der Waals surface area contributed by atoms with E-state index in [0.29, 0.717) is 11.3 Å². The summed E-state index contributed by atoms with van der Waals surface area (Å²) in [6.45, 7) is 6.86. The van der Waals surface area contributed by atoms with Crippen LogP contribution in [-0.4, -0.2) is 29.6 Å². The van der Waals surface area contributed by atoms with Crippen molar-refractivity contribution >= 4 is 33.4 Å². The van der Waals surface area contributed by atoms with Gasteiger partial charge in [-0.15, -0.1) is 0 Å². The van der Waals surface area contributed by atoms with Gasteiger partial charge in [-0.25, -0.2) is 0 Å². The Labute approximate surface area is 134 Å². The molecule has 0 spiro atoms. The Morgan fingerprint density at radius 2 is 2.15 bits per heavy atom. The first-order chi connectivity index (χ1) is 9.65. The SMILES string of the molecule is CC1SCCN(c2cc(Br)ccc2CNC2CC2)C1C. The Kier molecular flexibility index (Phi) is 4.63. The molecule has 20 heavy (non-hydrogen) atoms. The van der Waals surface area contributed by atoms with Crippen LogP contribution in [0.3, 0.4) is 0 Å². The first kappa shape index (κ1) is 14.7. The summed E-state index contributed by atoms with van der Waals surface area (Å²) in [5, 5.41) is 4.35. The molecule has 2 fully saturated rings. The highest BCUT2D eigenvalue weighted by atomic mass is 79.9. The zero-order chi connectivity index (χ0) is 14.1. The van der Waals surface area contributed by atoms with Gasteiger partial charge < -0.3 is 10.2 Å². The largest absolute Gasteiger partial charge is 0.367 e. The second-order valence-electron chi connectivity index (χ2n) is 5.94. The van der Waals surface area contributed by atoms with Crippen LogP contribution in [0.1, 0.15) is 32.3 Å². The quantitative estimate of drug-likeness (QED) is 0.878. The molecule has 1 aliphatic heterocycles. The summed E-state index contributed by atoms with van der Waals surface area (Å²) in [4.78, 5) is 2.59. The number of hydrogen-bond donors (Lipinski definition) is 1. The van der Waals surface area contributed by atoms with Gasteiger partial charge in [-0.3, -0.25) is 0 Å². The molecule has 110 valence electrons. The van der Waals surface area contributed by atoms with Gasteiger partial charge >= 0.3 is 0 Å². The van der Waals surface area contributed by atoms with Crippen molar-refractivity contribution < 1.29 is 0 Å². The Morgan fingerprint density at radius 3 is 2.90 bits per heavy atom. The predicted molar refractivity (Wildman–Crippen MR) is 92.7 cm³/mol. The van der Waals surface area contributed by atoms with Gasteiger partial charge in [-0.2, -0.15) is 11.8 Å². The van der Waals surface area contributed by atoms with Crippen molar-refractivity contribution in [3.63, 3.8) is 0 Å². The van der Waals surface area contributed by atoms with Gasteiger partial charge in [0.25, 0.3) is 0 Å². The van der Waals surface area contributed by atoms with Gasteiger partial charge in [-0.1, -0.05) is 28.9 Å². The molecule has 0 bridgehead atoms. The average Bonchev–Trinajstić information content (AvgIpc) is 3.25. The fourth-order valence-corrected chi connectivity index (χ4v) is 4.22. The number of halogens is 1. The lowest BCUT2D eigenvalue weighted by Gasteiger charge is -2.40. The second-order valence-corrected chi connectivity index (χ2v) is 8.34. The highest BCUT2D eigenvalue weighted by Gasteiger charge is 2.27. The Hall–Kier alpha value is -0.190. The lowest BCUT2D eigenvalue weighted by atomic mass is 10.1. The summed E-state index contributed by atoms with van der Waals surface area (Å²) in [6.07, 6.45) is 2.69. The number of nitrogens with one attached hydrogen (secondary N) is 1. The summed E-state index contributed by atoms with van der Waals surface area (Å²) in [6, 6.07) is 8.10. The lowest BCUT2D eigenvalue weighted by molar-refractivity contribution is 0.618. The monoisotopic (exact) mass is 354 g/mol. The van der Waals surface area contributed by atoms with Gasteiger partial charge in [0.2, 0.25) is 0 Å². The van der Waals surface area contributed by atoms with E-state index in [-0.39, 0.29) is 0 Å². The minimum absolute atomic E-state index is 0.600. The van der Waals surface area contributed by atoms with Gasteiger partial charge in [0.15, 0.2) is 0 Å². The minimum atomic E-state index is 0.600. The van der Waals surface area contributed by atoms with Crippen LogP contribution in [0, 0.1) is 0 Å². The standard InChI is InChI=1S/C16H23BrN2S/c1-11-12(2)20-8-7-19(11)16-9-14(17)4-3-13(16)10-18-15-5-6-15/h3-4,9,11-12,15,18H,5-8,10H2,1-2H3. The fraction of sp³-hybridized carbons (Fsp3) is 0.625. The number of thioether (sulfide) groups is 1. The molecule has 1 aromatic carbocycles. The average molecular weight is 355 g/mol. The van der Waals surface area contributed by atoms with E-state index in [1.807, 2.05) is 0 Å². The van der Waals surface area contributed by atoms with E-state index < -0.39 is 0 Å². The van der Waals surface area contributed by atoms with Gasteiger partial charge in [-0.05, 0) is 37.5 Å². The first-order valence-electron chi connectivity index (χ1n) is 7.55. The summed E-state index contributed by atoms with van der Waals surface area (Å²) < 4.78 is 1.18. The van der Waals surface area contributed by atoms with E-state index in [1.165, 1.54) is 34.3 Å². The molecule has 2 aliphatic rings. The fourth-order valence-electron chi connectivity index (χ4n) is 2.77.